The molecule has 1 N–H and O–H groups in total. The number of hydrogen-bond donors (Lipinski definition) is 1. The molecular weight excluding hydrogens is 374 g/mol. The number of piperidine rings is 1. The molecule has 6 aliphatic heterocycles. The van der Waals surface area contributed by atoms with Crippen molar-refractivity contribution >= 4 is 5.97 Å². The SMILES string of the molecule is CC[C@H](O)C[C@@]12[C@@H]3C[C@H]4[C@H]5[C@H](C)/C(=C6/OC(=O)C(C)=C6OC)O[C@]5(O3)[C@@H]1CCN42. The number of allylic oxidation sites excluding steroid dienone is 1. The molecule has 158 valence electrons. The van der Waals surface area contributed by atoms with Crippen LogP contribution in [0.15, 0.2) is 22.9 Å². The van der Waals surface area contributed by atoms with Gasteiger partial charge in [-0.15, -0.1) is 0 Å². The van der Waals surface area contributed by atoms with Crippen LogP contribution in [0.4, 0.5) is 0 Å². The first-order valence-electron chi connectivity index (χ1n) is 10.9. The van der Waals surface area contributed by atoms with Gasteiger partial charge in [-0.25, -0.2) is 4.79 Å². The highest BCUT2D eigenvalue weighted by atomic mass is 16.7. The second kappa shape index (κ2) is 5.56. The van der Waals surface area contributed by atoms with Gasteiger partial charge in [-0.2, -0.15) is 0 Å². The van der Waals surface area contributed by atoms with Crippen LogP contribution in [-0.4, -0.2) is 59.2 Å². The van der Waals surface area contributed by atoms with E-state index in [2.05, 4.69) is 11.8 Å². The number of carbonyl (C=O) groups excluding carboxylic acids is 1. The van der Waals surface area contributed by atoms with Crippen LogP contribution < -0.4 is 0 Å². The second-order valence-corrected chi connectivity index (χ2v) is 9.58. The van der Waals surface area contributed by atoms with Gasteiger partial charge in [0.1, 0.15) is 5.76 Å². The molecule has 6 aliphatic rings. The molecule has 5 saturated heterocycles. The van der Waals surface area contributed by atoms with Crippen molar-refractivity contribution < 1.29 is 28.8 Å². The van der Waals surface area contributed by atoms with Crippen LogP contribution in [0.25, 0.3) is 0 Å². The summed E-state index contributed by atoms with van der Waals surface area (Å²) in [7, 11) is 1.56. The Morgan fingerprint density at radius 3 is 2.93 bits per heavy atom. The first-order valence-corrected chi connectivity index (χ1v) is 10.9. The number of nitrogens with zero attached hydrogens (tertiary/aromatic N) is 1. The Morgan fingerprint density at radius 2 is 2.21 bits per heavy atom. The molecule has 5 fully saturated rings. The quantitative estimate of drug-likeness (QED) is 0.720. The fraction of sp³-hybridized carbons (Fsp3) is 0.773. The summed E-state index contributed by atoms with van der Waals surface area (Å²) in [6.07, 6.45) is 3.26. The molecule has 6 rings (SSSR count). The van der Waals surface area contributed by atoms with Crippen LogP contribution in [0, 0.1) is 17.8 Å². The molecule has 0 aliphatic carbocycles. The number of aliphatic hydroxyl groups is 1. The van der Waals surface area contributed by atoms with Gasteiger partial charge in [0.25, 0.3) is 0 Å². The lowest BCUT2D eigenvalue weighted by molar-refractivity contribution is -0.256. The van der Waals surface area contributed by atoms with Gasteiger partial charge in [-0.05, 0) is 39.2 Å². The molecule has 0 saturated carbocycles. The molecule has 0 aromatic heterocycles. The van der Waals surface area contributed by atoms with Crippen molar-refractivity contribution in [3.63, 3.8) is 0 Å². The summed E-state index contributed by atoms with van der Waals surface area (Å²) < 4.78 is 24.5. The fourth-order valence-electron chi connectivity index (χ4n) is 7.61. The summed E-state index contributed by atoms with van der Waals surface area (Å²) >= 11 is 0. The van der Waals surface area contributed by atoms with Gasteiger partial charge in [0, 0.05) is 17.9 Å². The van der Waals surface area contributed by atoms with Crippen molar-refractivity contribution in [3.05, 3.63) is 22.9 Å². The van der Waals surface area contributed by atoms with Crippen molar-refractivity contribution in [1.29, 1.82) is 0 Å². The van der Waals surface area contributed by atoms with E-state index in [4.69, 9.17) is 18.9 Å². The Kier molecular flexibility index (Phi) is 3.49. The Morgan fingerprint density at radius 1 is 1.41 bits per heavy atom. The molecule has 0 aromatic carbocycles. The normalized spacial score (nSPS) is 52.2. The number of cyclic esters (lactones) is 1. The van der Waals surface area contributed by atoms with E-state index in [1.54, 1.807) is 14.0 Å². The molecule has 6 heterocycles. The number of rotatable bonds is 4. The van der Waals surface area contributed by atoms with Gasteiger partial charge >= 0.3 is 5.97 Å². The van der Waals surface area contributed by atoms with E-state index < -0.39 is 5.79 Å². The molecule has 7 heteroatoms. The highest BCUT2D eigenvalue weighted by Crippen LogP contribution is 2.73. The van der Waals surface area contributed by atoms with Gasteiger partial charge in [-0.1, -0.05) is 13.8 Å². The maximum absolute atomic E-state index is 12.2. The molecule has 29 heavy (non-hydrogen) atoms. The van der Waals surface area contributed by atoms with E-state index in [1.807, 2.05) is 6.92 Å². The van der Waals surface area contributed by atoms with Gasteiger partial charge in [0.15, 0.2) is 5.76 Å². The minimum atomic E-state index is -0.683. The molecule has 1 unspecified atom stereocenters. The van der Waals surface area contributed by atoms with E-state index in [9.17, 15) is 9.90 Å². The minimum absolute atomic E-state index is 0.0649. The molecule has 5 bridgehead atoms. The number of methoxy groups -OCH3 is 1. The lowest BCUT2D eigenvalue weighted by atomic mass is 9.69. The smallest absolute Gasteiger partial charge is 0.343 e. The van der Waals surface area contributed by atoms with Crippen LogP contribution in [0.3, 0.4) is 0 Å². The Labute approximate surface area is 170 Å². The van der Waals surface area contributed by atoms with Crippen molar-refractivity contribution in [2.75, 3.05) is 13.7 Å². The molecule has 0 aromatic rings. The average molecular weight is 403 g/mol. The fourth-order valence-corrected chi connectivity index (χ4v) is 7.61. The van der Waals surface area contributed by atoms with Gasteiger partial charge in [-0.3, -0.25) is 4.90 Å². The molecule has 1 spiro atoms. The van der Waals surface area contributed by atoms with E-state index in [0.717, 1.165) is 32.2 Å². The Balaban J connectivity index is 1.46. The maximum Gasteiger partial charge on any atom is 0.343 e. The van der Waals surface area contributed by atoms with E-state index >= 15 is 0 Å². The van der Waals surface area contributed by atoms with Gasteiger partial charge in [0.05, 0.1) is 36.3 Å². The first-order chi connectivity index (χ1) is 13.9. The number of esters is 1. The molecular formula is C22H29NO6. The standard InChI is InChI=1S/C22H29NO6/c1-5-12(24)9-21-14-6-7-23(21)13-8-15(21)28-22(14)16(13)10(2)18(29-22)19-17(26-4)11(3)20(25)27-19/h10,12-16,24H,5-9H2,1-4H3/b19-18-/t10-,12-,13-,14+,15-,16+,21-,22+/m0/s1. The predicted octanol–water partition coefficient (Wildman–Crippen LogP) is 2.06. The van der Waals surface area contributed by atoms with E-state index in [1.165, 1.54) is 0 Å². The zero-order chi connectivity index (χ0) is 20.3. The van der Waals surface area contributed by atoms with E-state index in [0.29, 0.717) is 28.9 Å². The van der Waals surface area contributed by atoms with Gasteiger partial charge in [0.2, 0.25) is 11.5 Å². The summed E-state index contributed by atoms with van der Waals surface area (Å²) in [4.78, 5) is 14.8. The summed E-state index contributed by atoms with van der Waals surface area (Å²) in [6.45, 7) is 6.95. The molecule has 0 amide bonds. The lowest BCUT2D eigenvalue weighted by Crippen LogP contribution is -2.61. The number of fused-ring (bicyclic) bond motifs is 1. The van der Waals surface area contributed by atoms with Crippen LogP contribution in [-0.2, 0) is 23.7 Å². The highest BCUT2D eigenvalue weighted by Gasteiger charge is 2.84. The topological polar surface area (TPSA) is 77.5 Å². The van der Waals surface area contributed by atoms with Crippen molar-refractivity contribution in [1.82, 2.24) is 4.90 Å². The zero-order valence-corrected chi connectivity index (χ0v) is 17.4. The molecule has 9 atom stereocenters. The number of aliphatic hydroxyl groups excluding tert-OH is 1. The Hall–Kier alpha value is -1.57. The number of hydrogen-bond acceptors (Lipinski definition) is 7. The van der Waals surface area contributed by atoms with Crippen LogP contribution in [0.1, 0.15) is 46.5 Å². The van der Waals surface area contributed by atoms with Crippen molar-refractivity contribution in [2.45, 2.75) is 76.0 Å². The average Bonchev–Trinajstić information content (AvgIpc) is 3.40. The molecule has 0 radical (unpaired) electrons. The largest absolute Gasteiger partial charge is 0.492 e. The third-order valence-electron chi connectivity index (χ3n) is 8.63. The first kappa shape index (κ1) is 18.2. The summed E-state index contributed by atoms with van der Waals surface area (Å²) in [5.74, 6) is 0.990. The van der Waals surface area contributed by atoms with Crippen LogP contribution in [0.5, 0.6) is 0 Å². The predicted molar refractivity (Wildman–Crippen MR) is 101 cm³/mol. The highest BCUT2D eigenvalue weighted by molar-refractivity contribution is 5.93. The van der Waals surface area contributed by atoms with Crippen LogP contribution in [0.2, 0.25) is 0 Å². The monoisotopic (exact) mass is 403 g/mol. The summed E-state index contributed by atoms with van der Waals surface area (Å²) in [5, 5.41) is 10.6. The van der Waals surface area contributed by atoms with Crippen LogP contribution >= 0.6 is 0 Å². The zero-order valence-electron chi connectivity index (χ0n) is 17.4. The summed E-state index contributed by atoms with van der Waals surface area (Å²) in [5.41, 5.74) is 0.346. The lowest BCUT2D eigenvalue weighted by Gasteiger charge is -2.48. The van der Waals surface area contributed by atoms with Gasteiger partial charge < -0.3 is 24.1 Å². The minimum Gasteiger partial charge on any atom is -0.492 e. The van der Waals surface area contributed by atoms with E-state index in [-0.39, 0.29) is 41.5 Å². The number of ether oxygens (including phenoxy) is 4. The van der Waals surface area contributed by atoms with Crippen molar-refractivity contribution in [2.24, 2.45) is 17.8 Å². The maximum atomic E-state index is 12.2. The summed E-state index contributed by atoms with van der Waals surface area (Å²) in [6, 6.07) is 0.373. The third-order valence-corrected chi connectivity index (χ3v) is 8.63. The van der Waals surface area contributed by atoms with Crippen molar-refractivity contribution in [3.8, 4) is 0 Å². The molecule has 7 nitrogen and oxygen atoms in total. The Bertz CT molecular complexity index is 865. The second-order valence-electron chi connectivity index (χ2n) is 9.58. The number of carbonyl (C=O) groups is 1. The third kappa shape index (κ3) is 1.85.